The van der Waals surface area contributed by atoms with E-state index in [9.17, 15) is 4.79 Å². The van der Waals surface area contributed by atoms with Gasteiger partial charge in [0.25, 0.3) is 0 Å². The molecule has 148 valence electrons. The molecule has 0 unspecified atom stereocenters. The summed E-state index contributed by atoms with van der Waals surface area (Å²) in [5.41, 5.74) is 1.87. The van der Waals surface area contributed by atoms with Gasteiger partial charge in [-0.2, -0.15) is 0 Å². The fourth-order valence-electron chi connectivity index (χ4n) is 3.35. The van der Waals surface area contributed by atoms with Gasteiger partial charge >= 0.3 is 6.03 Å². The Hall–Kier alpha value is -3.47. The first-order valence-corrected chi connectivity index (χ1v) is 9.70. The molecule has 29 heavy (non-hydrogen) atoms. The van der Waals surface area contributed by atoms with Crippen LogP contribution in [0.25, 0.3) is 0 Å². The summed E-state index contributed by atoms with van der Waals surface area (Å²) < 4.78 is 11.1. The molecule has 0 aliphatic heterocycles. The number of hydrogen-bond donors (Lipinski definition) is 2. The number of amides is 2. The molecule has 0 spiro atoms. The quantitative estimate of drug-likeness (QED) is 0.574. The van der Waals surface area contributed by atoms with Gasteiger partial charge in [0.2, 0.25) is 0 Å². The van der Waals surface area contributed by atoms with Crippen molar-refractivity contribution < 1.29 is 14.3 Å². The molecule has 5 nitrogen and oxygen atoms in total. The number of para-hydroxylation sites is 3. The van der Waals surface area contributed by atoms with E-state index in [1.807, 2.05) is 66.7 Å². The Balaban J connectivity index is 1.38. The highest BCUT2D eigenvalue weighted by Crippen LogP contribution is 2.47. The fraction of sp³-hybridized carbons (Fsp3) is 0.208. The normalized spacial score (nSPS) is 14.0. The molecule has 0 aromatic heterocycles. The van der Waals surface area contributed by atoms with E-state index in [1.165, 1.54) is 5.56 Å². The molecular weight excluding hydrogens is 364 g/mol. The van der Waals surface area contributed by atoms with E-state index in [2.05, 4.69) is 22.8 Å². The molecule has 0 bridgehead atoms. The molecule has 0 atom stereocenters. The standard InChI is InChI=1S/C24H24N2O3/c1-28-19-13-11-18(12-14-19)24(15-16-24)17-25-23(27)26-21-9-5-6-10-22(21)29-20-7-3-2-4-8-20/h2-14H,15-17H2,1H3,(H2,25,26,27). The molecule has 1 aliphatic carbocycles. The summed E-state index contributed by atoms with van der Waals surface area (Å²) in [6.45, 7) is 0.590. The number of ether oxygens (including phenoxy) is 2. The van der Waals surface area contributed by atoms with Crippen LogP contribution in [0, 0.1) is 0 Å². The first kappa shape index (κ1) is 18.9. The molecule has 5 heteroatoms. The summed E-state index contributed by atoms with van der Waals surface area (Å²) in [5, 5.41) is 5.92. The SMILES string of the molecule is COc1ccc(C2(CNC(=O)Nc3ccccc3Oc3ccccc3)CC2)cc1. The second-order valence-corrected chi connectivity index (χ2v) is 7.23. The van der Waals surface area contributed by atoms with E-state index in [0.717, 1.165) is 24.3 Å². The highest BCUT2D eigenvalue weighted by Gasteiger charge is 2.44. The third-order valence-corrected chi connectivity index (χ3v) is 5.25. The van der Waals surface area contributed by atoms with Crippen molar-refractivity contribution in [3.8, 4) is 17.2 Å². The van der Waals surface area contributed by atoms with Crippen molar-refractivity contribution in [2.24, 2.45) is 0 Å². The van der Waals surface area contributed by atoms with Crippen LogP contribution in [0.1, 0.15) is 18.4 Å². The first-order valence-electron chi connectivity index (χ1n) is 9.70. The third-order valence-electron chi connectivity index (χ3n) is 5.25. The summed E-state index contributed by atoms with van der Waals surface area (Å²) in [6.07, 6.45) is 2.13. The van der Waals surface area contributed by atoms with Crippen molar-refractivity contribution in [2.45, 2.75) is 18.3 Å². The second kappa shape index (κ2) is 8.27. The number of urea groups is 1. The van der Waals surface area contributed by atoms with Crippen LogP contribution >= 0.6 is 0 Å². The third kappa shape index (κ3) is 4.51. The van der Waals surface area contributed by atoms with Gasteiger partial charge in [-0.15, -0.1) is 0 Å². The topological polar surface area (TPSA) is 59.6 Å². The van der Waals surface area contributed by atoms with Gasteiger partial charge in [0.1, 0.15) is 11.5 Å². The van der Waals surface area contributed by atoms with E-state index in [4.69, 9.17) is 9.47 Å². The zero-order valence-electron chi connectivity index (χ0n) is 16.4. The van der Waals surface area contributed by atoms with E-state index in [-0.39, 0.29) is 11.4 Å². The second-order valence-electron chi connectivity index (χ2n) is 7.23. The average molecular weight is 388 g/mol. The first-order chi connectivity index (χ1) is 14.2. The fourth-order valence-corrected chi connectivity index (χ4v) is 3.35. The van der Waals surface area contributed by atoms with Crippen LogP contribution in [0.4, 0.5) is 10.5 Å². The summed E-state index contributed by atoms with van der Waals surface area (Å²) in [6, 6.07) is 24.8. The molecule has 4 rings (SSSR count). The minimum atomic E-state index is -0.242. The maximum absolute atomic E-state index is 12.5. The van der Waals surface area contributed by atoms with Crippen LogP contribution < -0.4 is 20.1 Å². The molecule has 0 heterocycles. The summed E-state index contributed by atoms with van der Waals surface area (Å²) in [4.78, 5) is 12.5. The number of anilines is 1. The number of rotatable bonds is 7. The Labute approximate surface area is 170 Å². The number of hydrogen-bond acceptors (Lipinski definition) is 3. The van der Waals surface area contributed by atoms with Crippen LogP contribution in [0.15, 0.2) is 78.9 Å². The van der Waals surface area contributed by atoms with Crippen LogP contribution in [0.2, 0.25) is 0 Å². The van der Waals surface area contributed by atoms with Crippen molar-refractivity contribution in [1.82, 2.24) is 5.32 Å². The lowest BCUT2D eigenvalue weighted by atomic mass is 9.96. The van der Waals surface area contributed by atoms with Gasteiger partial charge in [0.15, 0.2) is 5.75 Å². The Morgan fingerprint density at radius 1 is 0.897 bits per heavy atom. The molecule has 2 N–H and O–H groups in total. The molecule has 1 aliphatic rings. The van der Waals surface area contributed by atoms with Gasteiger partial charge in [0.05, 0.1) is 12.8 Å². The van der Waals surface area contributed by atoms with Crippen molar-refractivity contribution >= 4 is 11.7 Å². The maximum Gasteiger partial charge on any atom is 0.319 e. The molecule has 3 aromatic rings. The smallest absolute Gasteiger partial charge is 0.319 e. The summed E-state index contributed by atoms with van der Waals surface area (Å²) in [7, 11) is 1.66. The van der Waals surface area contributed by atoms with Gasteiger partial charge in [-0.25, -0.2) is 4.79 Å². The highest BCUT2D eigenvalue weighted by atomic mass is 16.5. The van der Waals surface area contributed by atoms with Gasteiger partial charge in [-0.3, -0.25) is 0 Å². The van der Waals surface area contributed by atoms with Gasteiger partial charge in [-0.05, 0) is 54.8 Å². The molecule has 1 fully saturated rings. The summed E-state index contributed by atoms with van der Waals surface area (Å²) >= 11 is 0. The lowest BCUT2D eigenvalue weighted by Gasteiger charge is -2.18. The Morgan fingerprint density at radius 3 is 2.28 bits per heavy atom. The predicted octanol–water partition coefficient (Wildman–Crippen LogP) is 5.34. The maximum atomic E-state index is 12.5. The van der Waals surface area contributed by atoms with Crippen molar-refractivity contribution in [3.05, 3.63) is 84.4 Å². The van der Waals surface area contributed by atoms with Gasteiger partial charge in [-0.1, -0.05) is 42.5 Å². The van der Waals surface area contributed by atoms with Crippen LogP contribution in [0.5, 0.6) is 17.2 Å². The average Bonchev–Trinajstić information content (AvgIpc) is 3.56. The molecule has 0 saturated heterocycles. The molecule has 3 aromatic carbocycles. The number of nitrogens with one attached hydrogen (secondary N) is 2. The van der Waals surface area contributed by atoms with Crippen LogP contribution in [0.3, 0.4) is 0 Å². The number of carbonyl (C=O) groups excluding carboxylic acids is 1. The van der Waals surface area contributed by atoms with E-state index < -0.39 is 0 Å². The number of benzene rings is 3. The Morgan fingerprint density at radius 2 is 1.59 bits per heavy atom. The lowest BCUT2D eigenvalue weighted by Crippen LogP contribution is -2.35. The molecule has 0 radical (unpaired) electrons. The van der Waals surface area contributed by atoms with Crippen LogP contribution in [-0.2, 0) is 5.41 Å². The molecular formula is C24H24N2O3. The molecule has 2 amide bonds. The zero-order chi connectivity index (χ0) is 20.1. The largest absolute Gasteiger partial charge is 0.497 e. The van der Waals surface area contributed by atoms with Gasteiger partial charge in [0, 0.05) is 12.0 Å². The Kier molecular flexibility index (Phi) is 5.38. The predicted molar refractivity (Wildman–Crippen MR) is 114 cm³/mol. The van der Waals surface area contributed by atoms with Gasteiger partial charge < -0.3 is 20.1 Å². The van der Waals surface area contributed by atoms with Crippen molar-refractivity contribution in [2.75, 3.05) is 19.0 Å². The minimum Gasteiger partial charge on any atom is -0.497 e. The number of carbonyl (C=O) groups is 1. The minimum absolute atomic E-state index is 0.0175. The number of methoxy groups -OCH3 is 1. The molecule has 1 saturated carbocycles. The lowest BCUT2D eigenvalue weighted by molar-refractivity contribution is 0.251. The van der Waals surface area contributed by atoms with E-state index in [1.54, 1.807) is 7.11 Å². The Bertz CT molecular complexity index is 967. The van der Waals surface area contributed by atoms with Crippen LogP contribution in [-0.4, -0.2) is 19.7 Å². The summed E-state index contributed by atoms with van der Waals surface area (Å²) in [5.74, 6) is 2.16. The highest BCUT2D eigenvalue weighted by molar-refractivity contribution is 5.91. The van der Waals surface area contributed by atoms with E-state index >= 15 is 0 Å². The zero-order valence-corrected chi connectivity index (χ0v) is 16.4. The van der Waals surface area contributed by atoms with Crippen molar-refractivity contribution in [1.29, 1.82) is 0 Å². The monoisotopic (exact) mass is 388 g/mol. The van der Waals surface area contributed by atoms with Crippen molar-refractivity contribution in [3.63, 3.8) is 0 Å². The van der Waals surface area contributed by atoms with E-state index in [0.29, 0.717) is 18.0 Å².